The SMILES string of the molecule is CCCNCC1OB(O)c2cc(C)ccc21. The summed E-state index contributed by atoms with van der Waals surface area (Å²) in [6, 6.07) is 6.12. The van der Waals surface area contributed by atoms with E-state index in [1.807, 2.05) is 13.0 Å². The summed E-state index contributed by atoms with van der Waals surface area (Å²) in [4.78, 5) is 0. The molecule has 0 fully saturated rings. The van der Waals surface area contributed by atoms with Crippen LogP contribution in [-0.4, -0.2) is 25.2 Å². The largest absolute Gasteiger partial charge is 0.492 e. The Morgan fingerprint density at radius 1 is 1.50 bits per heavy atom. The highest BCUT2D eigenvalue weighted by molar-refractivity contribution is 6.61. The van der Waals surface area contributed by atoms with Gasteiger partial charge in [0.1, 0.15) is 0 Å². The summed E-state index contributed by atoms with van der Waals surface area (Å²) in [7, 11) is -0.761. The van der Waals surface area contributed by atoms with Crippen LogP contribution >= 0.6 is 0 Å². The van der Waals surface area contributed by atoms with Crippen LogP contribution in [0.5, 0.6) is 0 Å². The van der Waals surface area contributed by atoms with Gasteiger partial charge in [0.05, 0.1) is 6.10 Å². The average Bonchev–Trinajstić information content (AvgIpc) is 2.56. The van der Waals surface area contributed by atoms with Gasteiger partial charge in [-0.2, -0.15) is 0 Å². The van der Waals surface area contributed by atoms with Crippen LogP contribution in [0.2, 0.25) is 0 Å². The molecular formula is C12H18BNO2. The summed E-state index contributed by atoms with van der Waals surface area (Å²) < 4.78 is 5.53. The normalized spacial score (nSPS) is 18.9. The zero-order valence-electron chi connectivity index (χ0n) is 9.86. The highest BCUT2D eigenvalue weighted by Crippen LogP contribution is 2.23. The van der Waals surface area contributed by atoms with E-state index in [1.54, 1.807) is 0 Å². The second kappa shape index (κ2) is 5.00. The molecule has 1 unspecified atom stereocenters. The molecule has 0 saturated heterocycles. The minimum Gasteiger partial charge on any atom is -0.423 e. The number of hydrogen-bond acceptors (Lipinski definition) is 3. The van der Waals surface area contributed by atoms with E-state index in [9.17, 15) is 5.02 Å². The first-order chi connectivity index (χ1) is 7.72. The molecule has 0 aromatic heterocycles. The summed E-state index contributed by atoms with van der Waals surface area (Å²) in [5.41, 5.74) is 3.19. The maximum atomic E-state index is 9.78. The Morgan fingerprint density at radius 2 is 2.31 bits per heavy atom. The number of fused-ring (bicyclic) bond motifs is 1. The van der Waals surface area contributed by atoms with Gasteiger partial charge in [0.15, 0.2) is 0 Å². The lowest BCUT2D eigenvalue weighted by molar-refractivity contribution is 0.187. The van der Waals surface area contributed by atoms with Gasteiger partial charge in [-0.1, -0.05) is 30.7 Å². The van der Waals surface area contributed by atoms with Gasteiger partial charge >= 0.3 is 7.12 Å². The zero-order chi connectivity index (χ0) is 11.5. The van der Waals surface area contributed by atoms with E-state index in [2.05, 4.69) is 24.4 Å². The molecule has 2 rings (SSSR count). The second-order valence-electron chi connectivity index (χ2n) is 4.31. The third-order valence-corrected chi connectivity index (χ3v) is 2.90. The van der Waals surface area contributed by atoms with Crippen molar-refractivity contribution in [3.63, 3.8) is 0 Å². The standard InChI is InChI=1S/C12H18BNO2/c1-3-6-14-8-12-10-5-4-9(2)7-11(10)13(15)16-12/h4-5,7,12,14-15H,3,6,8H2,1-2H3. The Balaban J connectivity index is 2.10. The molecule has 0 aliphatic carbocycles. The first-order valence-electron chi connectivity index (χ1n) is 5.87. The molecule has 1 atom stereocenters. The van der Waals surface area contributed by atoms with Crippen LogP contribution in [0.15, 0.2) is 18.2 Å². The minimum atomic E-state index is -0.761. The lowest BCUT2D eigenvalue weighted by Crippen LogP contribution is -2.28. The molecule has 1 aliphatic heterocycles. The predicted molar refractivity (Wildman–Crippen MR) is 65.8 cm³/mol. The van der Waals surface area contributed by atoms with Crippen molar-refractivity contribution >= 4 is 12.6 Å². The van der Waals surface area contributed by atoms with Crippen molar-refractivity contribution in [1.29, 1.82) is 0 Å². The predicted octanol–water partition coefficient (Wildman–Crippen LogP) is 0.753. The van der Waals surface area contributed by atoms with Gasteiger partial charge in [0.2, 0.25) is 0 Å². The maximum Gasteiger partial charge on any atom is 0.492 e. The molecule has 86 valence electrons. The van der Waals surface area contributed by atoms with Crippen LogP contribution in [0.25, 0.3) is 0 Å². The van der Waals surface area contributed by atoms with Crippen LogP contribution in [-0.2, 0) is 4.65 Å². The van der Waals surface area contributed by atoms with Crippen molar-refractivity contribution in [3.05, 3.63) is 29.3 Å². The van der Waals surface area contributed by atoms with E-state index in [-0.39, 0.29) is 6.10 Å². The Kier molecular flexibility index (Phi) is 3.64. The molecule has 0 amide bonds. The summed E-state index contributed by atoms with van der Waals surface area (Å²) in [5.74, 6) is 0. The first kappa shape index (κ1) is 11.6. The number of nitrogens with one attached hydrogen (secondary N) is 1. The molecule has 1 aromatic carbocycles. The van der Waals surface area contributed by atoms with Crippen molar-refractivity contribution in [2.45, 2.75) is 26.4 Å². The second-order valence-corrected chi connectivity index (χ2v) is 4.31. The average molecular weight is 219 g/mol. The summed E-state index contributed by atoms with van der Waals surface area (Å²) in [5, 5.41) is 13.1. The summed E-state index contributed by atoms with van der Waals surface area (Å²) >= 11 is 0. The van der Waals surface area contributed by atoms with Crippen molar-refractivity contribution in [2.75, 3.05) is 13.1 Å². The lowest BCUT2D eigenvalue weighted by Gasteiger charge is -2.12. The van der Waals surface area contributed by atoms with Gasteiger partial charge in [-0.15, -0.1) is 0 Å². The molecule has 1 heterocycles. The maximum absolute atomic E-state index is 9.78. The lowest BCUT2D eigenvalue weighted by atomic mass is 9.78. The van der Waals surface area contributed by atoms with E-state index in [0.717, 1.165) is 36.1 Å². The Morgan fingerprint density at radius 3 is 3.06 bits per heavy atom. The quantitative estimate of drug-likeness (QED) is 0.580. The smallest absolute Gasteiger partial charge is 0.423 e. The molecule has 1 aliphatic rings. The third-order valence-electron chi connectivity index (χ3n) is 2.90. The Bertz CT molecular complexity index is 370. The van der Waals surface area contributed by atoms with Gasteiger partial charge in [-0.25, -0.2) is 0 Å². The highest BCUT2D eigenvalue weighted by Gasteiger charge is 2.34. The molecule has 0 bridgehead atoms. The van der Waals surface area contributed by atoms with Crippen molar-refractivity contribution in [3.8, 4) is 0 Å². The Hall–Kier alpha value is -0.835. The number of aryl methyl sites for hydroxylation is 1. The van der Waals surface area contributed by atoms with Gasteiger partial charge in [0, 0.05) is 6.54 Å². The summed E-state index contributed by atoms with van der Waals surface area (Å²) in [6.07, 6.45) is 1.09. The summed E-state index contributed by atoms with van der Waals surface area (Å²) in [6.45, 7) is 5.91. The highest BCUT2D eigenvalue weighted by atomic mass is 16.5. The van der Waals surface area contributed by atoms with E-state index in [4.69, 9.17) is 4.65 Å². The van der Waals surface area contributed by atoms with Crippen LogP contribution in [0, 0.1) is 6.92 Å². The van der Waals surface area contributed by atoms with E-state index >= 15 is 0 Å². The van der Waals surface area contributed by atoms with Gasteiger partial charge in [-0.05, 0) is 30.9 Å². The molecule has 0 spiro atoms. The molecular weight excluding hydrogens is 201 g/mol. The van der Waals surface area contributed by atoms with E-state index < -0.39 is 7.12 Å². The van der Waals surface area contributed by atoms with Crippen LogP contribution in [0.3, 0.4) is 0 Å². The van der Waals surface area contributed by atoms with Gasteiger partial charge in [0.25, 0.3) is 0 Å². The van der Waals surface area contributed by atoms with Crippen LogP contribution < -0.4 is 10.8 Å². The van der Waals surface area contributed by atoms with Crippen LogP contribution in [0.1, 0.15) is 30.6 Å². The number of rotatable bonds is 4. The zero-order valence-corrected chi connectivity index (χ0v) is 9.86. The monoisotopic (exact) mass is 219 g/mol. The third kappa shape index (κ3) is 2.29. The number of benzene rings is 1. The first-order valence-corrected chi connectivity index (χ1v) is 5.87. The molecule has 2 N–H and O–H groups in total. The molecule has 16 heavy (non-hydrogen) atoms. The number of hydrogen-bond donors (Lipinski definition) is 2. The topological polar surface area (TPSA) is 41.5 Å². The molecule has 3 nitrogen and oxygen atoms in total. The fourth-order valence-corrected chi connectivity index (χ4v) is 2.07. The van der Waals surface area contributed by atoms with Crippen LogP contribution in [0.4, 0.5) is 0 Å². The minimum absolute atomic E-state index is 0.0165. The van der Waals surface area contributed by atoms with Crippen molar-refractivity contribution < 1.29 is 9.68 Å². The molecule has 4 heteroatoms. The van der Waals surface area contributed by atoms with Crippen molar-refractivity contribution in [1.82, 2.24) is 5.32 Å². The van der Waals surface area contributed by atoms with Gasteiger partial charge in [-0.3, -0.25) is 0 Å². The van der Waals surface area contributed by atoms with Gasteiger partial charge < -0.3 is 15.0 Å². The molecule has 0 radical (unpaired) electrons. The molecule has 1 aromatic rings. The Labute approximate surface area is 97.0 Å². The fraction of sp³-hybridized carbons (Fsp3) is 0.500. The van der Waals surface area contributed by atoms with E-state index in [1.165, 1.54) is 0 Å². The fourth-order valence-electron chi connectivity index (χ4n) is 2.07. The molecule has 0 saturated carbocycles. The van der Waals surface area contributed by atoms with E-state index in [0.29, 0.717) is 0 Å². The van der Waals surface area contributed by atoms with Crippen molar-refractivity contribution in [2.24, 2.45) is 0 Å².